The van der Waals surface area contributed by atoms with Gasteiger partial charge in [0.1, 0.15) is 0 Å². The highest BCUT2D eigenvalue weighted by Crippen LogP contribution is 2.29. The molecule has 0 unspecified atom stereocenters. The Morgan fingerprint density at radius 3 is 2.48 bits per heavy atom. The molecule has 0 aromatic heterocycles. The molecule has 1 aliphatic carbocycles. The van der Waals surface area contributed by atoms with E-state index in [9.17, 15) is 14.9 Å². The average Bonchev–Trinajstić information content (AvgIpc) is 2.99. The normalized spacial score (nSPS) is 16.2. The molecule has 0 bridgehead atoms. The summed E-state index contributed by atoms with van der Waals surface area (Å²) in [6, 6.07) is 0.00565. The van der Waals surface area contributed by atoms with Crippen molar-refractivity contribution in [1.82, 2.24) is 4.90 Å². The van der Waals surface area contributed by atoms with E-state index in [0.29, 0.717) is 0 Å². The zero-order valence-electron chi connectivity index (χ0n) is 14.0. The van der Waals surface area contributed by atoms with E-state index in [4.69, 9.17) is 15.9 Å². The number of nitrogens with zero attached hydrogens (tertiary/aromatic N) is 2. The van der Waals surface area contributed by atoms with Crippen LogP contribution in [0.25, 0.3) is 0 Å². The molecule has 1 aliphatic rings. The van der Waals surface area contributed by atoms with Gasteiger partial charge < -0.3 is 15.4 Å². The standard InChI is InChI=1S/C15H26N4O4/c1-4-23-14(20)15(2,3)10-18(11-7-5-6-8-11)13(17)12(9-16)19(21)22/h9,11,17H,4-8,10,16H2,1-3H3. The van der Waals surface area contributed by atoms with Gasteiger partial charge in [-0.05, 0) is 33.6 Å². The zero-order valence-corrected chi connectivity index (χ0v) is 14.0. The summed E-state index contributed by atoms with van der Waals surface area (Å²) in [5.41, 5.74) is 4.00. The van der Waals surface area contributed by atoms with Crippen LogP contribution in [-0.2, 0) is 9.53 Å². The summed E-state index contributed by atoms with van der Waals surface area (Å²) in [5.74, 6) is -0.628. The molecule has 130 valence electrons. The van der Waals surface area contributed by atoms with Crippen LogP contribution in [0.1, 0.15) is 46.5 Å². The first-order valence-corrected chi connectivity index (χ1v) is 7.83. The van der Waals surface area contributed by atoms with Gasteiger partial charge in [0.2, 0.25) is 5.84 Å². The Kier molecular flexibility index (Phi) is 6.53. The Morgan fingerprint density at radius 1 is 1.48 bits per heavy atom. The number of esters is 1. The third-order valence-corrected chi connectivity index (χ3v) is 4.04. The predicted molar refractivity (Wildman–Crippen MR) is 86.4 cm³/mol. The van der Waals surface area contributed by atoms with Crippen molar-refractivity contribution in [2.24, 2.45) is 11.1 Å². The van der Waals surface area contributed by atoms with Crippen molar-refractivity contribution in [3.8, 4) is 0 Å². The second kappa shape index (κ2) is 7.94. The number of ether oxygens (including phenoxy) is 1. The van der Waals surface area contributed by atoms with E-state index < -0.39 is 16.0 Å². The predicted octanol–water partition coefficient (Wildman–Crippen LogP) is 1.87. The van der Waals surface area contributed by atoms with Crippen molar-refractivity contribution in [1.29, 1.82) is 5.41 Å². The van der Waals surface area contributed by atoms with Crippen LogP contribution in [0.5, 0.6) is 0 Å². The average molecular weight is 326 g/mol. The number of nitrogens with two attached hydrogens (primary N) is 1. The van der Waals surface area contributed by atoms with Crippen molar-refractivity contribution in [3.05, 3.63) is 22.0 Å². The quantitative estimate of drug-likeness (QED) is 0.242. The molecule has 1 rings (SSSR count). The van der Waals surface area contributed by atoms with Crippen molar-refractivity contribution in [2.45, 2.75) is 52.5 Å². The number of nitro groups is 1. The SMILES string of the molecule is CCOC(=O)C(C)(C)CN(C(=N)C(=CN)[N+](=O)[O-])C1CCCC1. The Bertz CT molecular complexity index is 496. The highest BCUT2D eigenvalue weighted by atomic mass is 16.6. The Balaban J connectivity index is 3.04. The fourth-order valence-corrected chi connectivity index (χ4v) is 2.80. The minimum absolute atomic E-state index is 0.00565. The second-order valence-electron chi connectivity index (χ2n) is 6.33. The van der Waals surface area contributed by atoms with Gasteiger partial charge in [-0.15, -0.1) is 0 Å². The van der Waals surface area contributed by atoms with Gasteiger partial charge in [-0.25, -0.2) is 0 Å². The maximum Gasteiger partial charge on any atom is 0.326 e. The molecule has 1 saturated carbocycles. The molecular weight excluding hydrogens is 300 g/mol. The Labute approximate surface area is 136 Å². The van der Waals surface area contributed by atoms with E-state index in [0.717, 1.165) is 31.9 Å². The van der Waals surface area contributed by atoms with E-state index in [2.05, 4.69) is 0 Å². The van der Waals surface area contributed by atoms with Crippen molar-refractivity contribution in [2.75, 3.05) is 13.2 Å². The van der Waals surface area contributed by atoms with Crippen LogP contribution >= 0.6 is 0 Å². The molecule has 0 aromatic carbocycles. The van der Waals surface area contributed by atoms with Crippen LogP contribution in [0.3, 0.4) is 0 Å². The molecule has 0 aromatic rings. The molecule has 3 N–H and O–H groups in total. The minimum atomic E-state index is -0.874. The van der Waals surface area contributed by atoms with Gasteiger partial charge in [0.15, 0.2) is 0 Å². The van der Waals surface area contributed by atoms with Gasteiger partial charge >= 0.3 is 11.7 Å². The maximum atomic E-state index is 12.1. The summed E-state index contributed by atoms with van der Waals surface area (Å²) in [5, 5.41) is 19.3. The summed E-state index contributed by atoms with van der Waals surface area (Å²) in [6.07, 6.45) is 4.54. The highest BCUT2D eigenvalue weighted by molar-refractivity contribution is 5.94. The number of carbonyl (C=O) groups is 1. The second-order valence-corrected chi connectivity index (χ2v) is 6.33. The van der Waals surface area contributed by atoms with Crippen molar-refractivity contribution >= 4 is 11.8 Å². The summed E-state index contributed by atoms with van der Waals surface area (Å²) < 4.78 is 5.07. The third-order valence-electron chi connectivity index (χ3n) is 4.04. The number of carbonyl (C=O) groups excluding carboxylic acids is 1. The monoisotopic (exact) mass is 326 g/mol. The minimum Gasteiger partial charge on any atom is -0.466 e. The first-order chi connectivity index (χ1) is 10.7. The molecule has 0 atom stereocenters. The van der Waals surface area contributed by atoms with Gasteiger partial charge in [0, 0.05) is 12.6 Å². The first kappa shape index (κ1) is 18.9. The van der Waals surface area contributed by atoms with Gasteiger partial charge in [0.05, 0.1) is 23.1 Å². The third kappa shape index (κ3) is 4.67. The lowest BCUT2D eigenvalue weighted by molar-refractivity contribution is -0.416. The van der Waals surface area contributed by atoms with Crippen molar-refractivity contribution in [3.63, 3.8) is 0 Å². The number of hydrogen-bond acceptors (Lipinski definition) is 6. The number of amidine groups is 1. The summed E-state index contributed by atoms with van der Waals surface area (Å²) in [4.78, 5) is 24.2. The summed E-state index contributed by atoms with van der Waals surface area (Å²) >= 11 is 0. The fraction of sp³-hybridized carbons (Fsp3) is 0.733. The van der Waals surface area contributed by atoms with Gasteiger partial charge in [-0.2, -0.15) is 0 Å². The highest BCUT2D eigenvalue weighted by Gasteiger charge is 2.38. The van der Waals surface area contributed by atoms with Crippen LogP contribution in [-0.4, -0.2) is 40.8 Å². The first-order valence-electron chi connectivity index (χ1n) is 7.83. The molecule has 1 fully saturated rings. The molecule has 0 aliphatic heterocycles. The summed E-state index contributed by atoms with van der Waals surface area (Å²) in [7, 11) is 0. The molecule has 8 nitrogen and oxygen atoms in total. The topological polar surface area (TPSA) is 123 Å². The fourth-order valence-electron chi connectivity index (χ4n) is 2.80. The van der Waals surface area contributed by atoms with E-state index in [1.165, 1.54) is 0 Å². The molecule has 8 heteroatoms. The van der Waals surface area contributed by atoms with Gasteiger partial charge in [-0.3, -0.25) is 20.3 Å². The van der Waals surface area contributed by atoms with Crippen molar-refractivity contribution < 1.29 is 14.5 Å². The number of rotatable bonds is 7. The van der Waals surface area contributed by atoms with E-state index >= 15 is 0 Å². The Morgan fingerprint density at radius 2 is 2.04 bits per heavy atom. The lowest BCUT2D eigenvalue weighted by Crippen LogP contribution is -2.48. The molecule has 0 heterocycles. The van der Waals surface area contributed by atoms with E-state index in [-0.39, 0.29) is 31.0 Å². The molecule has 0 spiro atoms. The molecular formula is C15H26N4O4. The van der Waals surface area contributed by atoms with E-state index in [1.54, 1.807) is 25.7 Å². The lowest BCUT2D eigenvalue weighted by atomic mass is 9.91. The largest absolute Gasteiger partial charge is 0.466 e. The van der Waals surface area contributed by atoms with Crippen LogP contribution in [0, 0.1) is 20.9 Å². The van der Waals surface area contributed by atoms with E-state index in [1.807, 2.05) is 0 Å². The number of nitrogens with one attached hydrogen (secondary N) is 1. The van der Waals surface area contributed by atoms with Gasteiger partial charge in [0.25, 0.3) is 0 Å². The Hall–Kier alpha value is -2.12. The molecule has 23 heavy (non-hydrogen) atoms. The molecule has 0 amide bonds. The number of hydrogen-bond donors (Lipinski definition) is 2. The molecule has 0 saturated heterocycles. The van der Waals surface area contributed by atoms with Crippen LogP contribution in [0.4, 0.5) is 0 Å². The molecule has 0 radical (unpaired) electrons. The van der Waals surface area contributed by atoms with Crippen LogP contribution in [0.15, 0.2) is 11.9 Å². The lowest BCUT2D eigenvalue weighted by Gasteiger charge is -2.35. The van der Waals surface area contributed by atoms with Gasteiger partial charge in [-0.1, -0.05) is 12.8 Å². The maximum absolute atomic E-state index is 12.1. The zero-order chi connectivity index (χ0) is 17.6. The van der Waals surface area contributed by atoms with Crippen LogP contribution in [0.2, 0.25) is 0 Å². The summed E-state index contributed by atoms with van der Waals surface area (Å²) in [6.45, 7) is 5.62. The van der Waals surface area contributed by atoms with Crippen LogP contribution < -0.4 is 5.73 Å². The smallest absolute Gasteiger partial charge is 0.326 e.